The minimum absolute atomic E-state index is 0. The van der Waals surface area contributed by atoms with Gasteiger partial charge in [0.05, 0.1) is 5.92 Å². The molecule has 1 atom stereocenters. The third kappa shape index (κ3) is 3.05. The molecule has 0 amide bonds. The van der Waals surface area contributed by atoms with Crippen LogP contribution in [0.25, 0.3) is 0 Å². The van der Waals surface area contributed by atoms with Crippen molar-refractivity contribution in [1.82, 2.24) is 0 Å². The molecule has 0 radical (unpaired) electrons. The normalized spacial score (nSPS) is 11.5. The number of benzene rings is 1. The minimum Gasteiger partial charge on any atom is -0.481 e. The summed E-state index contributed by atoms with van der Waals surface area (Å²) in [7, 11) is 0. The Morgan fingerprint density at radius 3 is 2.31 bits per heavy atom. The van der Waals surface area contributed by atoms with E-state index in [4.69, 9.17) is 10.8 Å². The molecule has 13 heavy (non-hydrogen) atoms. The molecule has 0 aliphatic heterocycles. The lowest BCUT2D eigenvalue weighted by molar-refractivity contribution is -0.138. The van der Waals surface area contributed by atoms with Crippen LogP contribution in [0.1, 0.15) is 11.5 Å². The Bertz CT molecular complexity index is 264. The van der Waals surface area contributed by atoms with E-state index in [2.05, 4.69) is 0 Å². The van der Waals surface area contributed by atoms with Crippen LogP contribution in [0.3, 0.4) is 0 Å². The monoisotopic (exact) mass is 201 g/mol. The van der Waals surface area contributed by atoms with Crippen LogP contribution in [0, 0.1) is 0 Å². The van der Waals surface area contributed by atoms with E-state index in [9.17, 15) is 4.79 Å². The third-order valence-electron chi connectivity index (χ3n) is 1.74. The molecule has 0 unspecified atom stereocenters. The van der Waals surface area contributed by atoms with Crippen LogP contribution in [0.2, 0.25) is 0 Å². The number of nitrogens with two attached hydrogens (primary N) is 1. The fraction of sp³-hybridized carbons (Fsp3) is 0.222. The number of hydrogen-bond donors (Lipinski definition) is 2. The first-order valence-electron chi connectivity index (χ1n) is 3.73. The number of aliphatic carboxylic acids is 1. The Morgan fingerprint density at radius 1 is 1.38 bits per heavy atom. The SMILES string of the molecule is Cl.NC[C@@H](C(=O)O)c1ccccc1. The number of carboxylic acids is 1. The highest BCUT2D eigenvalue weighted by Gasteiger charge is 2.16. The number of halogens is 1. The highest BCUT2D eigenvalue weighted by molar-refractivity contribution is 5.85. The van der Waals surface area contributed by atoms with Crippen molar-refractivity contribution in [2.45, 2.75) is 5.92 Å². The molecule has 0 saturated heterocycles. The lowest BCUT2D eigenvalue weighted by Crippen LogP contribution is -2.20. The van der Waals surface area contributed by atoms with Crippen LogP contribution < -0.4 is 5.73 Å². The number of carbonyl (C=O) groups is 1. The van der Waals surface area contributed by atoms with E-state index in [0.717, 1.165) is 5.56 Å². The second kappa shape index (κ2) is 5.56. The largest absolute Gasteiger partial charge is 0.481 e. The standard InChI is InChI=1S/C9H11NO2.ClH/c10-6-8(9(11)12)7-4-2-1-3-5-7;/h1-5,8H,6,10H2,(H,11,12);1H/t8-;/m1./s1. The molecule has 1 aromatic rings. The van der Waals surface area contributed by atoms with Crippen molar-refractivity contribution in [1.29, 1.82) is 0 Å². The van der Waals surface area contributed by atoms with Gasteiger partial charge in [0.2, 0.25) is 0 Å². The van der Waals surface area contributed by atoms with Crippen molar-refractivity contribution >= 4 is 18.4 Å². The van der Waals surface area contributed by atoms with Crippen molar-refractivity contribution in [3.63, 3.8) is 0 Å². The van der Waals surface area contributed by atoms with E-state index in [0.29, 0.717) is 0 Å². The maximum Gasteiger partial charge on any atom is 0.312 e. The van der Waals surface area contributed by atoms with E-state index in [1.54, 1.807) is 24.3 Å². The Kier molecular flexibility index (Phi) is 5.11. The number of hydrogen-bond acceptors (Lipinski definition) is 2. The van der Waals surface area contributed by atoms with Gasteiger partial charge in [-0.1, -0.05) is 30.3 Å². The summed E-state index contributed by atoms with van der Waals surface area (Å²) < 4.78 is 0. The zero-order chi connectivity index (χ0) is 8.97. The number of rotatable bonds is 3. The summed E-state index contributed by atoms with van der Waals surface area (Å²) in [5, 5.41) is 8.75. The average molecular weight is 202 g/mol. The van der Waals surface area contributed by atoms with Gasteiger partial charge in [0.1, 0.15) is 0 Å². The Hall–Kier alpha value is -1.06. The maximum atomic E-state index is 10.7. The predicted molar refractivity (Wildman–Crippen MR) is 53.1 cm³/mol. The molecule has 0 spiro atoms. The fourth-order valence-corrected chi connectivity index (χ4v) is 1.06. The molecule has 0 fully saturated rings. The smallest absolute Gasteiger partial charge is 0.312 e. The highest BCUT2D eigenvalue weighted by atomic mass is 35.5. The first-order valence-corrected chi connectivity index (χ1v) is 3.73. The van der Waals surface area contributed by atoms with E-state index in [-0.39, 0.29) is 19.0 Å². The molecule has 0 aliphatic carbocycles. The molecule has 72 valence electrons. The lowest BCUT2D eigenvalue weighted by atomic mass is 10.00. The predicted octanol–water partition coefficient (Wildman–Crippen LogP) is 1.24. The Balaban J connectivity index is 0.00000144. The average Bonchev–Trinajstić information content (AvgIpc) is 2.07. The molecule has 0 heterocycles. The van der Waals surface area contributed by atoms with Gasteiger partial charge in [0, 0.05) is 6.54 Å². The summed E-state index contributed by atoms with van der Waals surface area (Å²) in [6.45, 7) is 0.138. The second-order valence-corrected chi connectivity index (χ2v) is 2.54. The zero-order valence-corrected chi connectivity index (χ0v) is 7.83. The molecule has 3 nitrogen and oxygen atoms in total. The number of carboxylic acid groups (broad SMARTS) is 1. The van der Waals surface area contributed by atoms with E-state index >= 15 is 0 Å². The van der Waals surface area contributed by atoms with E-state index in [1.165, 1.54) is 0 Å². The summed E-state index contributed by atoms with van der Waals surface area (Å²) in [6, 6.07) is 9.00. The maximum absolute atomic E-state index is 10.7. The van der Waals surface area contributed by atoms with Crippen LogP contribution in [-0.4, -0.2) is 17.6 Å². The molecule has 3 N–H and O–H groups in total. The van der Waals surface area contributed by atoms with Crippen LogP contribution in [0.4, 0.5) is 0 Å². The summed E-state index contributed by atoms with van der Waals surface area (Å²) in [6.07, 6.45) is 0. The van der Waals surface area contributed by atoms with Gasteiger partial charge in [-0.15, -0.1) is 12.4 Å². The van der Waals surface area contributed by atoms with Gasteiger partial charge in [-0.05, 0) is 5.56 Å². The first-order chi connectivity index (χ1) is 5.75. The molecule has 0 aliphatic rings. The minimum atomic E-state index is -0.872. The second-order valence-electron chi connectivity index (χ2n) is 2.54. The van der Waals surface area contributed by atoms with Gasteiger partial charge in [-0.3, -0.25) is 4.79 Å². The third-order valence-corrected chi connectivity index (χ3v) is 1.74. The zero-order valence-electron chi connectivity index (χ0n) is 7.01. The molecule has 1 rings (SSSR count). The summed E-state index contributed by atoms with van der Waals surface area (Å²) in [5.74, 6) is -1.45. The van der Waals surface area contributed by atoms with Gasteiger partial charge in [0.15, 0.2) is 0 Å². The topological polar surface area (TPSA) is 63.3 Å². The van der Waals surface area contributed by atoms with E-state index in [1.807, 2.05) is 6.07 Å². The van der Waals surface area contributed by atoms with Gasteiger partial charge in [-0.25, -0.2) is 0 Å². The molecule has 1 aromatic carbocycles. The molecular formula is C9H12ClNO2. The molecule has 0 saturated carbocycles. The van der Waals surface area contributed by atoms with Crippen molar-refractivity contribution in [2.24, 2.45) is 5.73 Å². The van der Waals surface area contributed by atoms with Gasteiger partial charge < -0.3 is 10.8 Å². The Morgan fingerprint density at radius 2 is 1.92 bits per heavy atom. The van der Waals surface area contributed by atoms with Gasteiger partial charge >= 0.3 is 5.97 Å². The molecular weight excluding hydrogens is 190 g/mol. The summed E-state index contributed by atoms with van der Waals surface area (Å²) >= 11 is 0. The Labute approximate surface area is 83.0 Å². The van der Waals surface area contributed by atoms with Crippen molar-refractivity contribution in [2.75, 3.05) is 6.54 Å². The highest BCUT2D eigenvalue weighted by Crippen LogP contribution is 2.13. The quantitative estimate of drug-likeness (QED) is 0.774. The van der Waals surface area contributed by atoms with Crippen molar-refractivity contribution < 1.29 is 9.90 Å². The lowest BCUT2D eigenvalue weighted by Gasteiger charge is -2.08. The van der Waals surface area contributed by atoms with Crippen molar-refractivity contribution in [3.8, 4) is 0 Å². The van der Waals surface area contributed by atoms with Gasteiger partial charge in [-0.2, -0.15) is 0 Å². The van der Waals surface area contributed by atoms with Crippen molar-refractivity contribution in [3.05, 3.63) is 35.9 Å². The molecule has 0 bridgehead atoms. The molecule has 4 heteroatoms. The van der Waals surface area contributed by atoms with Crippen LogP contribution >= 0.6 is 12.4 Å². The van der Waals surface area contributed by atoms with Crippen LogP contribution in [-0.2, 0) is 4.79 Å². The van der Waals surface area contributed by atoms with Crippen LogP contribution in [0.15, 0.2) is 30.3 Å². The fourth-order valence-electron chi connectivity index (χ4n) is 1.06. The molecule has 0 aromatic heterocycles. The van der Waals surface area contributed by atoms with E-state index < -0.39 is 11.9 Å². The summed E-state index contributed by atoms with van der Waals surface area (Å²) in [5.41, 5.74) is 6.08. The van der Waals surface area contributed by atoms with Gasteiger partial charge in [0.25, 0.3) is 0 Å². The first kappa shape index (κ1) is 11.9. The summed E-state index contributed by atoms with van der Waals surface area (Å²) in [4.78, 5) is 10.7. The van der Waals surface area contributed by atoms with Crippen LogP contribution in [0.5, 0.6) is 0 Å².